The van der Waals surface area contributed by atoms with Crippen molar-refractivity contribution in [2.24, 2.45) is 11.3 Å². The molecule has 0 bridgehead atoms. The van der Waals surface area contributed by atoms with Crippen LogP contribution in [0.2, 0.25) is 0 Å². The zero-order valence-corrected chi connectivity index (χ0v) is 27.2. The summed E-state index contributed by atoms with van der Waals surface area (Å²) in [7, 11) is 1.52. The highest BCUT2D eigenvalue weighted by Crippen LogP contribution is 2.43. The minimum absolute atomic E-state index is 0.0564. The third-order valence-electron chi connectivity index (χ3n) is 9.87. The fraction of sp³-hybridized carbons (Fsp3) is 0.571. The van der Waals surface area contributed by atoms with Crippen molar-refractivity contribution in [1.29, 1.82) is 0 Å². The van der Waals surface area contributed by atoms with Gasteiger partial charge in [-0.25, -0.2) is 4.79 Å². The Morgan fingerprint density at radius 1 is 0.805 bits per heavy atom. The van der Waals surface area contributed by atoms with E-state index < -0.39 is 28.4 Å². The second kappa shape index (κ2) is 12.1. The number of ketones is 1. The molecule has 2 atom stereocenters. The second-order valence-electron chi connectivity index (χ2n) is 13.2. The molecular weight excluding hydrogens is 514 g/mol. The Morgan fingerprint density at radius 2 is 1.24 bits per heavy atom. The van der Waals surface area contributed by atoms with Crippen molar-refractivity contribution in [3.05, 3.63) is 69.8 Å². The standard InChI is InChI=1S/C35H51NO5/c1-13-34(14-2,26-17-19-28(23(5)21-26)30(38)36(12)33(10,11)31(39)40)25-16-18-27(22(4)20-25)29(37)24(6)35(41,15-3)32(7,8)9/h16-21,24,41H,13-15H2,1-12H3,(H,39,40). The number of aliphatic hydroxyl groups is 1. The monoisotopic (exact) mass is 565 g/mol. The number of amides is 1. The first-order valence-electron chi connectivity index (χ1n) is 14.8. The Hall–Kier alpha value is -2.99. The van der Waals surface area contributed by atoms with Crippen molar-refractivity contribution in [3.8, 4) is 0 Å². The van der Waals surface area contributed by atoms with Crippen LogP contribution in [0.25, 0.3) is 0 Å². The van der Waals surface area contributed by atoms with Gasteiger partial charge < -0.3 is 15.1 Å². The number of aliphatic carboxylic acids is 1. The van der Waals surface area contributed by atoms with E-state index in [0.717, 1.165) is 35.1 Å². The molecule has 2 aromatic carbocycles. The molecule has 226 valence electrons. The number of nitrogens with zero attached hydrogens (tertiary/aromatic N) is 1. The summed E-state index contributed by atoms with van der Waals surface area (Å²) in [5.41, 5.74) is 1.65. The molecule has 0 aliphatic rings. The number of aryl methyl sites for hydroxylation is 2. The summed E-state index contributed by atoms with van der Waals surface area (Å²) in [6.45, 7) is 20.8. The van der Waals surface area contributed by atoms with Gasteiger partial charge in [-0.2, -0.15) is 0 Å². The highest BCUT2D eigenvalue weighted by molar-refractivity contribution is 6.00. The van der Waals surface area contributed by atoms with E-state index in [1.54, 1.807) is 6.07 Å². The van der Waals surface area contributed by atoms with E-state index in [1.807, 2.05) is 72.7 Å². The predicted molar refractivity (Wildman–Crippen MR) is 166 cm³/mol. The minimum atomic E-state index is -1.34. The number of carboxylic acid groups (broad SMARTS) is 1. The molecule has 2 aromatic rings. The third-order valence-corrected chi connectivity index (χ3v) is 9.87. The van der Waals surface area contributed by atoms with Gasteiger partial charge in [-0.1, -0.05) is 78.8 Å². The van der Waals surface area contributed by atoms with Gasteiger partial charge >= 0.3 is 5.97 Å². The molecule has 2 unspecified atom stereocenters. The van der Waals surface area contributed by atoms with E-state index in [4.69, 9.17) is 0 Å². The maximum atomic E-state index is 13.7. The molecule has 0 aliphatic heterocycles. The average Bonchev–Trinajstić information content (AvgIpc) is 2.91. The average molecular weight is 566 g/mol. The molecule has 6 heteroatoms. The molecule has 2 N–H and O–H groups in total. The Labute approximate surface area is 247 Å². The van der Waals surface area contributed by atoms with Crippen molar-refractivity contribution < 1.29 is 24.6 Å². The number of hydrogen-bond donors (Lipinski definition) is 2. The molecule has 0 saturated heterocycles. The van der Waals surface area contributed by atoms with Crippen LogP contribution in [0, 0.1) is 25.2 Å². The maximum Gasteiger partial charge on any atom is 0.329 e. The first-order valence-corrected chi connectivity index (χ1v) is 14.8. The highest BCUT2D eigenvalue weighted by atomic mass is 16.4. The summed E-state index contributed by atoms with van der Waals surface area (Å²) in [5, 5.41) is 21.1. The summed E-state index contributed by atoms with van der Waals surface area (Å²) in [4.78, 5) is 39.9. The first-order chi connectivity index (χ1) is 18.8. The van der Waals surface area contributed by atoms with Crippen LogP contribution in [0.4, 0.5) is 0 Å². The van der Waals surface area contributed by atoms with Crippen molar-refractivity contribution in [1.82, 2.24) is 4.90 Å². The van der Waals surface area contributed by atoms with Gasteiger partial charge in [0.25, 0.3) is 5.91 Å². The number of benzene rings is 2. The molecule has 0 radical (unpaired) electrons. The zero-order chi connectivity index (χ0) is 31.7. The summed E-state index contributed by atoms with van der Waals surface area (Å²) in [6.07, 6.45) is 2.10. The molecule has 0 aliphatic carbocycles. The van der Waals surface area contributed by atoms with Gasteiger partial charge in [0.15, 0.2) is 5.78 Å². The van der Waals surface area contributed by atoms with Crippen molar-refractivity contribution >= 4 is 17.7 Å². The number of carbonyl (C=O) groups is 3. The number of carboxylic acids is 1. The molecular formula is C35H51NO5. The van der Waals surface area contributed by atoms with Crippen LogP contribution in [0.5, 0.6) is 0 Å². The fourth-order valence-electron chi connectivity index (χ4n) is 6.19. The number of Topliss-reactive ketones (excluding diaryl/α,β-unsaturated/α-hetero) is 1. The van der Waals surface area contributed by atoms with Gasteiger partial charge in [-0.15, -0.1) is 0 Å². The van der Waals surface area contributed by atoms with Crippen LogP contribution < -0.4 is 0 Å². The highest BCUT2D eigenvalue weighted by Gasteiger charge is 2.46. The number of hydrogen-bond acceptors (Lipinski definition) is 4. The number of rotatable bonds is 11. The van der Waals surface area contributed by atoms with Gasteiger partial charge in [0.1, 0.15) is 5.54 Å². The summed E-state index contributed by atoms with van der Waals surface area (Å²) < 4.78 is 0. The second-order valence-corrected chi connectivity index (χ2v) is 13.2. The van der Waals surface area contributed by atoms with Gasteiger partial charge in [-0.3, -0.25) is 9.59 Å². The van der Waals surface area contributed by atoms with E-state index in [9.17, 15) is 24.6 Å². The molecule has 0 aromatic heterocycles. The maximum absolute atomic E-state index is 13.7. The molecule has 0 heterocycles. The Bertz CT molecular complexity index is 1300. The Kier molecular flexibility index (Phi) is 10.1. The lowest BCUT2D eigenvalue weighted by atomic mass is 9.65. The Morgan fingerprint density at radius 3 is 1.59 bits per heavy atom. The molecule has 41 heavy (non-hydrogen) atoms. The number of likely N-dealkylation sites (N-methyl/N-ethyl adjacent to an activating group) is 1. The quantitative estimate of drug-likeness (QED) is 0.278. The third kappa shape index (κ3) is 5.99. The molecule has 0 saturated carbocycles. The minimum Gasteiger partial charge on any atom is -0.480 e. The van der Waals surface area contributed by atoms with Crippen LogP contribution in [0.1, 0.15) is 125 Å². The zero-order valence-electron chi connectivity index (χ0n) is 27.2. The molecule has 1 amide bonds. The van der Waals surface area contributed by atoms with Crippen LogP contribution in [0.15, 0.2) is 36.4 Å². The van der Waals surface area contributed by atoms with E-state index in [1.165, 1.54) is 25.8 Å². The molecule has 0 spiro atoms. The number of carbonyl (C=O) groups excluding carboxylic acids is 2. The van der Waals surface area contributed by atoms with Crippen LogP contribution in [0.3, 0.4) is 0 Å². The normalized spacial score (nSPS) is 14.8. The van der Waals surface area contributed by atoms with Crippen LogP contribution in [-0.4, -0.2) is 51.0 Å². The summed E-state index contributed by atoms with van der Waals surface area (Å²) in [5.74, 6) is -2.02. The smallest absolute Gasteiger partial charge is 0.329 e. The van der Waals surface area contributed by atoms with Gasteiger partial charge in [0.05, 0.1) is 5.60 Å². The fourth-order valence-corrected chi connectivity index (χ4v) is 6.19. The van der Waals surface area contributed by atoms with Gasteiger partial charge in [-0.05, 0) is 80.7 Å². The van der Waals surface area contributed by atoms with E-state index in [2.05, 4.69) is 19.9 Å². The van der Waals surface area contributed by atoms with Crippen LogP contribution >= 0.6 is 0 Å². The van der Waals surface area contributed by atoms with E-state index >= 15 is 0 Å². The molecule has 6 nitrogen and oxygen atoms in total. The summed E-state index contributed by atoms with van der Waals surface area (Å²) in [6, 6.07) is 11.8. The topological polar surface area (TPSA) is 94.9 Å². The molecule has 2 rings (SSSR count). The lowest BCUT2D eigenvalue weighted by molar-refractivity contribution is -0.147. The van der Waals surface area contributed by atoms with Crippen molar-refractivity contribution in [2.75, 3.05) is 7.05 Å². The van der Waals surface area contributed by atoms with Crippen molar-refractivity contribution in [2.45, 2.75) is 112 Å². The first kappa shape index (κ1) is 34.2. The predicted octanol–water partition coefficient (Wildman–Crippen LogP) is 7.35. The Balaban J connectivity index is 2.55. The summed E-state index contributed by atoms with van der Waals surface area (Å²) >= 11 is 0. The lowest BCUT2D eigenvalue weighted by Crippen LogP contribution is -2.50. The van der Waals surface area contributed by atoms with E-state index in [0.29, 0.717) is 17.5 Å². The lowest BCUT2D eigenvalue weighted by Gasteiger charge is -2.43. The SMILES string of the molecule is CCC(CC)(c1ccc(C(=O)C(C)C(O)(CC)C(C)(C)C)c(C)c1)c1ccc(C(=O)N(C)C(C)(C)C(=O)O)c(C)c1. The van der Waals surface area contributed by atoms with Gasteiger partial charge in [0.2, 0.25) is 0 Å². The van der Waals surface area contributed by atoms with Crippen LogP contribution in [-0.2, 0) is 10.2 Å². The van der Waals surface area contributed by atoms with Gasteiger partial charge in [0, 0.05) is 29.5 Å². The largest absolute Gasteiger partial charge is 0.480 e. The van der Waals surface area contributed by atoms with Crippen molar-refractivity contribution in [3.63, 3.8) is 0 Å². The molecule has 0 fully saturated rings. The van der Waals surface area contributed by atoms with E-state index in [-0.39, 0.29) is 17.1 Å².